The summed E-state index contributed by atoms with van der Waals surface area (Å²) >= 11 is 0. The number of hydrogen-bond acceptors (Lipinski definition) is 5. The van der Waals surface area contributed by atoms with Crippen molar-refractivity contribution >= 4 is 12.1 Å². The van der Waals surface area contributed by atoms with Crippen molar-refractivity contribution in [2.24, 2.45) is 5.10 Å². The summed E-state index contributed by atoms with van der Waals surface area (Å²) in [6.07, 6.45) is 1.44. The largest absolute Gasteiger partial charge is 0.497 e. The standard InChI is InChI=1S/C23H22N2O4/c1-28-20-13-14-21(29-2)17(15-20)16-24-25-22(26)23(27,18-9-5-3-6-10-18)19-11-7-4-8-12-19/h3-16,27H,1-2H3,(H,25,26)/b24-16+. The van der Waals surface area contributed by atoms with Crippen LogP contribution in [0.3, 0.4) is 0 Å². The molecular weight excluding hydrogens is 368 g/mol. The number of carbonyl (C=O) groups excluding carboxylic acids is 1. The van der Waals surface area contributed by atoms with Crippen molar-refractivity contribution in [3.8, 4) is 11.5 Å². The predicted octanol–water partition coefficient (Wildman–Crippen LogP) is 3.09. The molecule has 0 saturated heterocycles. The van der Waals surface area contributed by atoms with Crippen molar-refractivity contribution in [1.82, 2.24) is 5.43 Å². The van der Waals surface area contributed by atoms with Gasteiger partial charge in [-0.2, -0.15) is 5.10 Å². The maximum absolute atomic E-state index is 13.0. The molecule has 0 heterocycles. The molecule has 0 aliphatic carbocycles. The Morgan fingerprint density at radius 1 is 0.931 bits per heavy atom. The zero-order valence-corrected chi connectivity index (χ0v) is 16.2. The van der Waals surface area contributed by atoms with E-state index in [1.165, 1.54) is 6.21 Å². The summed E-state index contributed by atoms with van der Waals surface area (Å²) in [4.78, 5) is 13.0. The molecule has 0 atom stereocenters. The zero-order valence-electron chi connectivity index (χ0n) is 16.2. The van der Waals surface area contributed by atoms with Gasteiger partial charge in [0.2, 0.25) is 0 Å². The minimum absolute atomic E-state index is 0.442. The van der Waals surface area contributed by atoms with Crippen LogP contribution < -0.4 is 14.9 Å². The van der Waals surface area contributed by atoms with Crippen LogP contribution in [0.15, 0.2) is 84.0 Å². The van der Waals surface area contributed by atoms with Gasteiger partial charge in [-0.05, 0) is 29.3 Å². The third-order valence-corrected chi connectivity index (χ3v) is 4.52. The number of amides is 1. The lowest BCUT2D eigenvalue weighted by Crippen LogP contribution is -2.43. The van der Waals surface area contributed by atoms with Gasteiger partial charge >= 0.3 is 0 Å². The molecule has 6 nitrogen and oxygen atoms in total. The van der Waals surface area contributed by atoms with Gasteiger partial charge in [-0.15, -0.1) is 0 Å². The Bertz CT molecular complexity index is 949. The molecule has 0 unspecified atom stereocenters. The molecule has 0 aliphatic rings. The third-order valence-electron chi connectivity index (χ3n) is 4.52. The number of methoxy groups -OCH3 is 2. The summed E-state index contributed by atoms with van der Waals surface area (Å²) < 4.78 is 10.5. The molecule has 0 radical (unpaired) electrons. The second-order valence-electron chi connectivity index (χ2n) is 6.25. The van der Waals surface area contributed by atoms with Crippen molar-refractivity contribution in [2.75, 3.05) is 14.2 Å². The quantitative estimate of drug-likeness (QED) is 0.480. The first-order valence-electron chi connectivity index (χ1n) is 8.98. The van der Waals surface area contributed by atoms with E-state index in [-0.39, 0.29) is 0 Å². The molecular formula is C23H22N2O4. The highest BCUT2D eigenvalue weighted by Gasteiger charge is 2.39. The molecule has 29 heavy (non-hydrogen) atoms. The van der Waals surface area contributed by atoms with E-state index in [4.69, 9.17) is 9.47 Å². The summed E-state index contributed by atoms with van der Waals surface area (Å²) in [5, 5.41) is 15.4. The maximum atomic E-state index is 13.0. The number of hydrazone groups is 1. The molecule has 0 bridgehead atoms. The fourth-order valence-electron chi connectivity index (χ4n) is 2.97. The summed E-state index contributed by atoms with van der Waals surface area (Å²) in [7, 11) is 3.10. The first kappa shape index (κ1) is 20.1. The molecule has 0 saturated carbocycles. The van der Waals surface area contributed by atoms with Crippen molar-refractivity contribution in [3.63, 3.8) is 0 Å². The summed E-state index contributed by atoms with van der Waals surface area (Å²) in [6, 6.07) is 22.7. The highest BCUT2D eigenvalue weighted by Crippen LogP contribution is 2.30. The smallest absolute Gasteiger partial charge is 0.281 e. The van der Waals surface area contributed by atoms with E-state index in [0.717, 1.165) is 0 Å². The van der Waals surface area contributed by atoms with Gasteiger partial charge in [0.25, 0.3) is 5.91 Å². The predicted molar refractivity (Wildman–Crippen MR) is 111 cm³/mol. The van der Waals surface area contributed by atoms with Crippen LogP contribution in [-0.4, -0.2) is 31.4 Å². The molecule has 148 valence electrons. The molecule has 3 aromatic rings. The molecule has 0 aromatic heterocycles. The van der Waals surface area contributed by atoms with E-state index in [0.29, 0.717) is 28.2 Å². The lowest BCUT2D eigenvalue weighted by molar-refractivity contribution is -0.136. The monoisotopic (exact) mass is 390 g/mol. The number of nitrogens with one attached hydrogen (secondary N) is 1. The van der Waals surface area contributed by atoms with Crippen LogP contribution in [0.2, 0.25) is 0 Å². The lowest BCUT2D eigenvalue weighted by Gasteiger charge is -2.27. The molecule has 0 spiro atoms. The van der Waals surface area contributed by atoms with Crippen LogP contribution in [0.1, 0.15) is 16.7 Å². The van der Waals surface area contributed by atoms with Crippen molar-refractivity contribution in [3.05, 3.63) is 95.6 Å². The Morgan fingerprint density at radius 2 is 1.52 bits per heavy atom. The topological polar surface area (TPSA) is 80.2 Å². The van der Waals surface area contributed by atoms with Gasteiger partial charge in [0.15, 0.2) is 5.60 Å². The van der Waals surface area contributed by atoms with E-state index < -0.39 is 11.5 Å². The Balaban J connectivity index is 1.90. The van der Waals surface area contributed by atoms with Crippen molar-refractivity contribution in [1.29, 1.82) is 0 Å². The van der Waals surface area contributed by atoms with Crippen LogP contribution in [0.4, 0.5) is 0 Å². The molecule has 6 heteroatoms. The molecule has 0 aliphatic heterocycles. The summed E-state index contributed by atoms with van der Waals surface area (Å²) in [6.45, 7) is 0. The van der Waals surface area contributed by atoms with Gasteiger partial charge in [0.1, 0.15) is 11.5 Å². The van der Waals surface area contributed by atoms with Gasteiger partial charge in [-0.25, -0.2) is 5.43 Å². The fraction of sp³-hybridized carbons (Fsp3) is 0.130. The van der Waals surface area contributed by atoms with Crippen LogP contribution >= 0.6 is 0 Å². The van der Waals surface area contributed by atoms with Gasteiger partial charge in [-0.3, -0.25) is 4.79 Å². The Kier molecular flexibility index (Phi) is 6.26. The van der Waals surface area contributed by atoms with Gasteiger partial charge < -0.3 is 14.6 Å². The normalized spacial score (nSPS) is 11.3. The first-order valence-corrected chi connectivity index (χ1v) is 8.98. The number of benzene rings is 3. The van der Waals surface area contributed by atoms with Gasteiger partial charge in [0, 0.05) is 5.56 Å². The van der Waals surface area contributed by atoms with E-state index in [9.17, 15) is 9.90 Å². The zero-order chi connectivity index (χ0) is 20.7. The van der Waals surface area contributed by atoms with Crippen molar-refractivity contribution in [2.45, 2.75) is 5.60 Å². The highest BCUT2D eigenvalue weighted by molar-refractivity contribution is 5.91. The number of carbonyl (C=O) groups is 1. The minimum Gasteiger partial charge on any atom is -0.497 e. The average molecular weight is 390 g/mol. The summed E-state index contributed by atoms with van der Waals surface area (Å²) in [5.74, 6) is 0.529. The SMILES string of the molecule is COc1ccc(OC)c(/C=N/NC(=O)C(O)(c2ccccc2)c2ccccc2)c1. The molecule has 1 amide bonds. The first-order chi connectivity index (χ1) is 14.1. The number of rotatable bonds is 7. The van der Waals surface area contributed by atoms with Gasteiger partial charge in [-0.1, -0.05) is 60.7 Å². The highest BCUT2D eigenvalue weighted by atomic mass is 16.5. The van der Waals surface area contributed by atoms with Crippen LogP contribution in [0, 0.1) is 0 Å². The third kappa shape index (κ3) is 4.28. The molecule has 3 aromatic carbocycles. The second-order valence-corrected chi connectivity index (χ2v) is 6.25. The van der Waals surface area contributed by atoms with Crippen LogP contribution in [-0.2, 0) is 10.4 Å². The Hall–Kier alpha value is -3.64. The van der Waals surface area contributed by atoms with E-state index in [1.54, 1.807) is 80.9 Å². The minimum atomic E-state index is -1.89. The Morgan fingerprint density at radius 3 is 2.03 bits per heavy atom. The molecule has 0 fully saturated rings. The Labute approximate surface area is 169 Å². The maximum Gasteiger partial charge on any atom is 0.281 e. The van der Waals surface area contributed by atoms with Gasteiger partial charge in [0.05, 0.1) is 20.4 Å². The number of aliphatic hydroxyl groups is 1. The summed E-state index contributed by atoms with van der Waals surface area (Å²) in [5.41, 5.74) is 2.06. The fourth-order valence-corrected chi connectivity index (χ4v) is 2.97. The number of ether oxygens (including phenoxy) is 2. The average Bonchev–Trinajstić information content (AvgIpc) is 2.79. The number of hydrogen-bond donors (Lipinski definition) is 2. The molecule has 3 rings (SSSR count). The molecule has 2 N–H and O–H groups in total. The van der Waals surface area contributed by atoms with E-state index in [2.05, 4.69) is 10.5 Å². The van der Waals surface area contributed by atoms with Crippen LogP contribution in [0.5, 0.6) is 11.5 Å². The second kappa shape index (κ2) is 9.03. The van der Waals surface area contributed by atoms with E-state index >= 15 is 0 Å². The van der Waals surface area contributed by atoms with Crippen LogP contribution in [0.25, 0.3) is 0 Å². The number of nitrogens with zero attached hydrogens (tertiary/aromatic N) is 1. The van der Waals surface area contributed by atoms with Crippen molar-refractivity contribution < 1.29 is 19.4 Å². The lowest BCUT2D eigenvalue weighted by atomic mass is 9.85. The van der Waals surface area contributed by atoms with E-state index in [1.807, 2.05) is 12.1 Å².